The van der Waals surface area contributed by atoms with E-state index in [1.54, 1.807) is 0 Å². The Bertz CT molecular complexity index is 495. The van der Waals surface area contributed by atoms with Gasteiger partial charge in [-0.15, -0.1) is 0 Å². The number of rotatable bonds is 5. The fraction of sp³-hybridized carbons (Fsp3) is 0.375. The highest BCUT2D eigenvalue weighted by Crippen LogP contribution is 2.26. The van der Waals surface area contributed by atoms with E-state index >= 15 is 0 Å². The lowest BCUT2D eigenvalue weighted by Crippen LogP contribution is -2.34. The third-order valence-corrected chi connectivity index (χ3v) is 2.17. The standard InChI is InChI=1S/C8H10ClN5O4/c1-3-5(14(17)18)7(13-8(9)12-3)11-2-4(15)6(10)16/h4,15H,2H2,1H3,(H2,10,16)(H,11,12,13). The Morgan fingerprint density at radius 1 is 1.67 bits per heavy atom. The first-order chi connectivity index (χ1) is 8.32. The molecular weight excluding hydrogens is 266 g/mol. The summed E-state index contributed by atoms with van der Waals surface area (Å²) in [5, 5.41) is 22.2. The summed E-state index contributed by atoms with van der Waals surface area (Å²) < 4.78 is 0. The first-order valence-electron chi connectivity index (χ1n) is 4.72. The van der Waals surface area contributed by atoms with Crippen molar-refractivity contribution in [2.24, 2.45) is 5.73 Å². The zero-order valence-electron chi connectivity index (χ0n) is 9.25. The third-order valence-electron chi connectivity index (χ3n) is 2.00. The van der Waals surface area contributed by atoms with Crippen LogP contribution in [0.3, 0.4) is 0 Å². The van der Waals surface area contributed by atoms with Crippen molar-refractivity contribution in [3.63, 3.8) is 0 Å². The number of primary amides is 1. The monoisotopic (exact) mass is 275 g/mol. The summed E-state index contributed by atoms with van der Waals surface area (Å²) in [6.45, 7) is 1.07. The molecule has 0 aliphatic heterocycles. The van der Waals surface area contributed by atoms with Gasteiger partial charge < -0.3 is 16.2 Å². The molecule has 0 aliphatic carbocycles. The number of anilines is 1. The Morgan fingerprint density at radius 2 is 2.28 bits per heavy atom. The number of aryl methyl sites for hydroxylation is 1. The Labute approximate surface area is 106 Å². The van der Waals surface area contributed by atoms with E-state index in [1.165, 1.54) is 6.92 Å². The number of hydrogen-bond acceptors (Lipinski definition) is 7. The van der Waals surface area contributed by atoms with Gasteiger partial charge in [-0.3, -0.25) is 14.9 Å². The molecule has 0 spiro atoms. The molecule has 1 aromatic rings. The van der Waals surface area contributed by atoms with Gasteiger partial charge in [0.05, 0.1) is 11.5 Å². The van der Waals surface area contributed by atoms with Crippen LogP contribution in [0.15, 0.2) is 0 Å². The highest BCUT2D eigenvalue weighted by molar-refractivity contribution is 6.28. The number of nitrogens with zero attached hydrogens (tertiary/aromatic N) is 3. The summed E-state index contributed by atoms with van der Waals surface area (Å²) in [4.78, 5) is 28.0. The van der Waals surface area contributed by atoms with E-state index < -0.39 is 16.9 Å². The number of aliphatic hydroxyl groups excluding tert-OH is 1. The summed E-state index contributed by atoms with van der Waals surface area (Å²) >= 11 is 5.57. The zero-order chi connectivity index (χ0) is 13.9. The third kappa shape index (κ3) is 3.25. The Hall–Kier alpha value is -2.00. The highest BCUT2D eigenvalue weighted by atomic mass is 35.5. The van der Waals surface area contributed by atoms with Crippen LogP contribution in [0.4, 0.5) is 11.5 Å². The van der Waals surface area contributed by atoms with E-state index in [0.717, 1.165) is 0 Å². The van der Waals surface area contributed by atoms with Crippen molar-refractivity contribution in [2.45, 2.75) is 13.0 Å². The van der Waals surface area contributed by atoms with Crippen molar-refractivity contribution < 1.29 is 14.8 Å². The quantitative estimate of drug-likeness (QED) is 0.377. The molecule has 0 saturated heterocycles. The normalized spacial score (nSPS) is 11.9. The van der Waals surface area contributed by atoms with Gasteiger partial charge in [-0.25, -0.2) is 4.98 Å². The fourth-order valence-electron chi connectivity index (χ4n) is 1.17. The summed E-state index contributed by atoms with van der Waals surface area (Å²) in [6, 6.07) is 0. The van der Waals surface area contributed by atoms with Gasteiger partial charge in [-0.1, -0.05) is 0 Å². The molecule has 18 heavy (non-hydrogen) atoms. The lowest BCUT2D eigenvalue weighted by molar-refractivity contribution is -0.385. The van der Waals surface area contributed by atoms with Crippen LogP contribution >= 0.6 is 11.6 Å². The fourth-order valence-corrected chi connectivity index (χ4v) is 1.38. The second-order valence-corrected chi connectivity index (χ2v) is 3.67. The van der Waals surface area contributed by atoms with Crippen LogP contribution in [-0.2, 0) is 4.79 Å². The van der Waals surface area contributed by atoms with Gasteiger partial charge in [-0.2, -0.15) is 4.98 Å². The maximum atomic E-state index is 10.8. The van der Waals surface area contributed by atoms with Gasteiger partial charge in [0.15, 0.2) is 0 Å². The smallest absolute Gasteiger partial charge is 0.332 e. The van der Waals surface area contributed by atoms with Crippen LogP contribution in [0.2, 0.25) is 5.28 Å². The van der Waals surface area contributed by atoms with Crippen molar-refractivity contribution in [3.8, 4) is 0 Å². The van der Waals surface area contributed by atoms with E-state index in [0.29, 0.717) is 0 Å². The lowest BCUT2D eigenvalue weighted by Gasteiger charge is -2.10. The van der Waals surface area contributed by atoms with E-state index in [2.05, 4.69) is 15.3 Å². The summed E-state index contributed by atoms with van der Waals surface area (Å²) in [7, 11) is 0. The molecule has 1 rings (SSSR count). The summed E-state index contributed by atoms with van der Waals surface area (Å²) in [5.41, 5.74) is 4.52. The lowest BCUT2D eigenvalue weighted by atomic mass is 10.3. The minimum Gasteiger partial charge on any atom is -0.381 e. The SMILES string of the molecule is Cc1nc(Cl)nc(NCC(O)C(N)=O)c1[N+](=O)[O-]. The van der Waals surface area contributed by atoms with Gasteiger partial charge in [0, 0.05) is 0 Å². The number of nitro groups is 1. The van der Waals surface area contributed by atoms with Crippen LogP contribution in [0.25, 0.3) is 0 Å². The van der Waals surface area contributed by atoms with Crippen LogP contribution in [0.1, 0.15) is 5.69 Å². The van der Waals surface area contributed by atoms with Gasteiger partial charge in [0.2, 0.25) is 17.0 Å². The molecule has 0 aromatic carbocycles. The predicted molar refractivity (Wildman–Crippen MR) is 62.1 cm³/mol. The van der Waals surface area contributed by atoms with Crippen LogP contribution in [0.5, 0.6) is 0 Å². The molecule has 10 heteroatoms. The minimum atomic E-state index is -1.49. The molecule has 9 nitrogen and oxygen atoms in total. The first-order valence-corrected chi connectivity index (χ1v) is 5.10. The number of carbonyl (C=O) groups is 1. The molecular formula is C8H10ClN5O4. The first kappa shape index (κ1) is 14.1. The zero-order valence-corrected chi connectivity index (χ0v) is 10.0. The number of nitrogens with one attached hydrogen (secondary N) is 1. The molecule has 1 atom stereocenters. The number of aromatic nitrogens is 2. The van der Waals surface area contributed by atoms with Gasteiger partial charge >= 0.3 is 5.69 Å². The van der Waals surface area contributed by atoms with Crippen LogP contribution in [0, 0.1) is 17.0 Å². The molecule has 1 heterocycles. The van der Waals surface area contributed by atoms with Gasteiger partial charge in [-0.05, 0) is 18.5 Å². The Morgan fingerprint density at radius 3 is 2.78 bits per heavy atom. The summed E-state index contributed by atoms with van der Waals surface area (Å²) in [6.07, 6.45) is -1.49. The van der Waals surface area contributed by atoms with Gasteiger partial charge in [0.25, 0.3) is 0 Å². The minimum absolute atomic E-state index is 0.0658. The number of aliphatic hydroxyl groups is 1. The second kappa shape index (κ2) is 5.56. The number of hydrogen-bond donors (Lipinski definition) is 3. The van der Waals surface area contributed by atoms with E-state index in [4.69, 9.17) is 17.3 Å². The molecule has 0 radical (unpaired) electrons. The molecule has 0 aliphatic rings. The molecule has 0 saturated carbocycles. The highest BCUT2D eigenvalue weighted by Gasteiger charge is 2.22. The molecule has 1 amide bonds. The Kier molecular flexibility index (Phi) is 4.34. The second-order valence-electron chi connectivity index (χ2n) is 3.33. The molecule has 4 N–H and O–H groups in total. The molecule has 1 aromatic heterocycles. The molecule has 0 bridgehead atoms. The average molecular weight is 276 g/mol. The number of nitrogens with two attached hydrogens (primary N) is 1. The maximum absolute atomic E-state index is 10.8. The molecule has 0 fully saturated rings. The largest absolute Gasteiger partial charge is 0.381 e. The average Bonchev–Trinajstić information content (AvgIpc) is 2.23. The Balaban J connectivity index is 3.00. The van der Waals surface area contributed by atoms with Crippen molar-refractivity contribution in [3.05, 3.63) is 21.1 Å². The van der Waals surface area contributed by atoms with Crippen LogP contribution < -0.4 is 11.1 Å². The number of carbonyl (C=O) groups excluding carboxylic acids is 1. The van der Waals surface area contributed by atoms with Gasteiger partial charge in [0.1, 0.15) is 11.8 Å². The summed E-state index contributed by atoms with van der Waals surface area (Å²) in [5.74, 6) is -1.14. The topological polar surface area (TPSA) is 144 Å². The number of amides is 1. The van der Waals surface area contributed by atoms with Crippen molar-refractivity contribution in [1.29, 1.82) is 0 Å². The van der Waals surface area contributed by atoms with E-state index in [-0.39, 0.29) is 29.0 Å². The van der Waals surface area contributed by atoms with Crippen molar-refractivity contribution in [1.82, 2.24) is 9.97 Å². The maximum Gasteiger partial charge on any atom is 0.332 e. The van der Waals surface area contributed by atoms with Crippen LogP contribution in [-0.4, -0.2) is 38.6 Å². The van der Waals surface area contributed by atoms with Crippen molar-refractivity contribution >= 4 is 29.0 Å². The predicted octanol–water partition coefficient (Wildman–Crippen LogP) is -0.395. The molecule has 98 valence electrons. The van der Waals surface area contributed by atoms with E-state index in [9.17, 15) is 20.0 Å². The number of halogens is 1. The molecule has 1 unspecified atom stereocenters. The van der Waals surface area contributed by atoms with E-state index in [1.807, 2.05) is 0 Å². The van der Waals surface area contributed by atoms with Crippen molar-refractivity contribution in [2.75, 3.05) is 11.9 Å².